The Morgan fingerprint density at radius 1 is 1.53 bits per heavy atom. The van der Waals surface area contributed by atoms with Gasteiger partial charge in [-0.2, -0.15) is 0 Å². The van der Waals surface area contributed by atoms with E-state index in [2.05, 4.69) is 9.55 Å². The van der Waals surface area contributed by atoms with Crippen molar-refractivity contribution in [2.45, 2.75) is 31.7 Å². The van der Waals surface area contributed by atoms with Crippen LogP contribution in [-0.2, 0) is 13.0 Å². The first-order valence-corrected chi connectivity index (χ1v) is 6.06. The van der Waals surface area contributed by atoms with Crippen molar-refractivity contribution in [1.82, 2.24) is 9.55 Å². The number of furan rings is 1. The van der Waals surface area contributed by atoms with E-state index in [1.807, 2.05) is 18.3 Å². The molecule has 0 spiro atoms. The summed E-state index contributed by atoms with van der Waals surface area (Å²) in [5.74, 6) is 2.22. The van der Waals surface area contributed by atoms with Crippen LogP contribution in [0, 0.1) is 0 Å². The lowest BCUT2D eigenvalue weighted by atomic mass is 9.97. The van der Waals surface area contributed by atoms with Gasteiger partial charge in [-0.05, 0) is 25.0 Å². The van der Waals surface area contributed by atoms with E-state index in [-0.39, 0.29) is 12.5 Å². The van der Waals surface area contributed by atoms with Gasteiger partial charge in [0.1, 0.15) is 11.6 Å². The van der Waals surface area contributed by atoms with Gasteiger partial charge in [-0.15, -0.1) is 0 Å². The molecule has 3 heterocycles. The fourth-order valence-corrected chi connectivity index (χ4v) is 2.55. The lowest BCUT2D eigenvalue weighted by Gasteiger charge is -2.23. The number of hydrogen-bond acceptors (Lipinski definition) is 3. The Kier molecular flexibility index (Phi) is 2.73. The van der Waals surface area contributed by atoms with Crippen LogP contribution in [-0.4, -0.2) is 21.3 Å². The third-order valence-electron chi connectivity index (χ3n) is 3.45. The zero-order valence-electron chi connectivity index (χ0n) is 9.67. The molecule has 1 unspecified atom stereocenters. The van der Waals surface area contributed by atoms with Crippen LogP contribution in [0.25, 0.3) is 0 Å². The molecule has 90 valence electrons. The lowest BCUT2D eigenvalue weighted by Crippen LogP contribution is -2.19. The standard InChI is InChI=1S/C13H16N2O2/c16-9-10-3-1-5-15-12(10)8-14-13(15)7-11-4-2-6-17-11/h2,4,6,8,10,16H,1,3,5,7,9H2. The molecule has 17 heavy (non-hydrogen) atoms. The summed E-state index contributed by atoms with van der Waals surface area (Å²) in [5, 5.41) is 9.34. The van der Waals surface area contributed by atoms with E-state index in [9.17, 15) is 5.11 Å². The van der Waals surface area contributed by atoms with Crippen molar-refractivity contribution in [3.63, 3.8) is 0 Å². The molecule has 0 aliphatic carbocycles. The maximum atomic E-state index is 9.34. The Bertz CT molecular complexity index is 487. The number of rotatable bonds is 3. The maximum absolute atomic E-state index is 9.34. The van der Waals surface area contributed by atoms with Gasteiger partial charge in [0, 0.05) is 24.4 Å². The molecule has 4 nitrogen and oxygen atoms in total. The molecule has 0 aromatic carbocycles. The topological polar surface area (TPSA) is 51.2 Å². The third kappa shape index (κ3) is 1.89. The van der Waals surface area contributed by atoms with Crippen molar-refractivity contribution in [3.8, 4) is 0 Å². The minimum Gasteiger partial charge on any atom is -0.469 e. The summed E-state index contributed by atoms with van der Waals surface area (Å²) in [6, 6.07) is 3.86. The van der Waals surface area contributed by atoms with Gasteiger partial charge in [0.05, 0.1) is 19.3 Å². The molecule has 2 aromatic heterocycles. The number of aliphatic hydroxyl groups is 1. The predicted octanol–water partition coefficient (Wildman–Crippen LogP) is 1.94. The lowest BCUT2D eigenvalue weighted by molar-refractivity contribution is 0.240. The average Bonchev–Trinajstić information content (AvgIpc) is 2.99. The van der Waals surface area contributed by atoms with Gasteiger partial charge >= 0.3 is 0 Å². The van der Waals surface area contributed by atoms with E-state index in [0.29, 0.717) is 0 Å². The van der Waals surface area contributed by atoms with Crippen LogP contribution in [0.4, 0.5) is 0 Å². The third-order valence-corrected chi connectivity index (χ3v) is 3.45. The molecule has 1 aliphatic rings. The van der Waals surface area contributed by atoms with Crippen molar-refractivity contribution in [1.29, 1.82) is 0 Å². The fraction of sp³-hybridized carbons (Fsp3) is 0.462. The monoisotopic (exact) mass is 232 g/mol. The quantitative estimate of drug-likeness (QED) is 0.879. The summed E-state index contributed by atoms with van der Waals surface area (Å²) in [6.45, 7) is 1.22. The van der Waals surface area contributed by atoms with Crippen LogP contribution in [0.1, 0.15) is 36.0 Å². The van der Waals surface area contributed by atoms with Crippen molar-refractivity contribution in [3.05, 3.63) is 41.9 Å². The highest BCUT2D eigenvalue weighted by molar-refractivity contribution is 5.17. The molecule has 1 atom stereocenters. The molecule has 2 aromatic rings. The van der Waals surface area contributed by atoms with Gasteiger partial charge < -0.3 is 14.1 Å². The molecular weight excluding hydrogens is 216 g/mol. The molecule has 0 saturated carbocycles. The Labute approximate surface area is 99.9 Å². The molecule has 0 radical (unpaired) electrons. The first-order chi connectivity index (χ1) is 8.38. The van der Waals surface area contributed by atoms with E-state index in [4.69, 9.17) is 4.42 Å². The number of nitrogens with zero attached hydrogens (tertiary/aromatic N) is 2. The average molecular weight is 232 g/mol. The van der Waals surface area contributed by atoms with Crippen molar-refractivity contribution < 1.29 is 9.52 Å². The summed E-state index contributed by atoms with van der Waals surface area (Å²) in [4.78, 5) is 4.46. The van der Waals surface area contributed by atoms with Crippen LogP contribution in [0.5, 0.6) is 0 Å². The normalized spacial score (nSPS) is 19.2. The Balaban J connectivity index is 1.89. The van der Waals surface area contributed by atoms with Gasteiger partial charge in [0.2, 0.25) is 0 Å². The van der Waals surface area contributed by atoms with E-state index in [0.717, 1.165) is 37.4 Å². The van der Waals surface area contributed by atoms with E-state index < -0.39 is 0 Å². The van der Waals surface area contributed by atoms with Crippen LogP contribution < -0.4 is 0 Å². The predicted molar refractivity (Wildman–Crippen MR) is 62.8 cm³/mol. The van der Waals surface area contributed by atoms with Gasteiger partial charge in [0.25, 0.3) is 0 Å². The number of aliphatic hydroxyl groups excluding tert-OH is 1. The van der Waals surface area contributed by atoms with Crippen LogP contribution in [0.2, 0.25) is 0 Å². The number of fused-ring (bicyclic) bond motifs is 1. The van der Waals surface area contributed by atoms with Crippen molar-refractivity contribution in [2.75, 3.05) is 6.61 Å². The number of aromatic nitrogens is 2. The molecule has 1 aliphatic heterocycles. The molecule has 0 saturated heterocycles. The van der Waals surface area contributed by atoms with Gasteiger partial charge in [-0.25, -0.2) is 4.98 Å². The van der Waals surface area contributed by atoms with E-state index in [1.54, 1.807) is 6.26 Å². The van der Waals surface area contributed by atoms with Crippen LogP contribution >= 0.6 is 0 Å². The summed E-state index contributed by atoms with van der Waals surface area (Å²) >= 11 is 0. The summed E-state index contributed by atoms with van der Waals surface area (Å²) in [6.07, 6.45) is 6.48. The Hall–Kier alpha value is -1.55. The highest BCUT2D eigenvalue weighted by Gasteiger charge is 2.22. The number of imidazole rings is 1. The molecule has 0 bridgehead atoms. The minimum atomic E-state index is 0.214. The maximum Gasteiger partial charge on any atom is 0.116 e. The molecular formula is C13H16N2O2. The SMILES string of the molecule is OCC1CCCn2c1cnc2Cc1ccco1. The van der Waals surface area contributed by atoms with Gasteiger partial charge in [-0.3, -0.25) is 0 Å². The van der Waals surface area contributed by atoms with Crippen LogP contribution in [0.3, 0.4) is 0 Å². The van der Waals surface area contributed by atoms with E-state index >= 15 is 0 Å². The largest absolute Gasteiger partial charge is 0.469 e. The first kappa shape index (κ1) is 10.6. The summed E-state index contributed by atoms with van der Waals surface area (Å²) < 4.78 is 7.58. The highest BCUT2D eigenvalue weighted by atomic mass is 16.3. The zero-order valence-corrected chi connectivity index (χ0v) is 9.67. The zero-order chi connectivity index (χ0) is 11.7. The summed E-state index contributed by atoms with van der Waals surface area (Å²) in [7, 11) is 0. The molecule has 3 rings (SSSR count). The fourth-order valence-electron chi connectivity index (χ4n) is 2.55. The van der Waals surface area contributed by atoms with Crippen molar-refractivity contribution >= 4 is 0 Å². The Morgan fingerprint density at radius 2 is 2.47 bits per heavy atom. The summed E-state index contributed by atoms with van der Waals surface area (Å²) in [5.41, 5.74) is 1.17. The van der Waals surface area contributed by atoms with E-state index in [1.165, 1.54) is 5.69 Å². The van der Waals surface area contributed by atoms with Gasteiger partial charge in [0.15, 0.2) is 0 Å². The first-order valence-electron chi connectivity index (χ1n) is 6.06. The van der Waals surface area contributed by atoms with Crippen molar-refractivity contribution in [2.24, 2.45) is 0 Å². The molecule has 0 fully saturated rings. The molecule has 1 N–H and O–H groups in total. The number of hydrogen-bond donors (Lipinski definition) is 1. The Morgan fingerprint density at radius 3 is 3.24 bits per heavy atom. The second-order valence-corrected chi connectivity index (χ2v) is 4.53. The molecule has 0 amide bonds. The van der Waals surface area contributed by atoms with Crippen LogP contribution in [0.15, 0.2) is 29.0 Å². The molecule has 4 heteroatoms. The minimum absolute atomic E-state index is 0.214. The highest BCUT2D eigenvalue weighted by Crippen LogP contribution is 2.28. The second-order valence-electron chi connectivity index (χ2n) is 4.53. The van der Waals surface area contributed by atoms with Gasteiger partial charge in [-0.1, -0.05) is 0 Å². The second kappa shape index (κ2) is 4.37. The smallest absolute Gasteiger partial charge is 0.116 e.